The molecule has 1 N–H and O–H groups in total. The Bertz CT molecular complexity index is 417. The van der Waals surface area contributed by atoms with E-state index in [1.165, 1.54) is 0 Å². The van der Waals surface area contributed by atoms with Gasteiger partial charge in [-0.1, -0.05) is 0 Å². The predicted molar refractivity (Wildman–Crippen MR) is 76.3 cm³/mol. The largest absolute Gasteiger partial charge is 0.455 e. The number of likely N-dealkylation sites (tertiary alicyclic amines) is 1. The van der Waals surface area contributed by atoms with E-state index >= 15 is 0 Å². The Morgan fingerprint density at radius 1 is 1.58 bits per heavy atom. The van der Waals surface area contributed by atoms with Gasteiger partial charge < -0.3 is 14.4 Å². The molecule has 0 aliphatic carbocycles. The maximum Gasteiger partial charge on any atom is 0.289 e. The highest BCUT2D eigenvalue weighted by molar-refractivity contribution is 7.97. The van der Waals surface area contributed by atoms with E-state index in [2.05, 4.69) is 0 Å². The molecule has 1 unspecified atom stereocenters. The minimum atomic E-state index is -0.0185. The van der Waals surface area contributed by atoms with Crippen LogP contribution in [0.3, 0.4) is 0 Å². The van der Waals surface area contributed by atoms with E-state index in [9.17, 15) is 4.79 Å². The second kappa shape index (κ2) is 7.01. The Balaban J connectivity index is 1.97. The maximum atomic E-state index is 12.3. The van der Waals surface area contributed by atoms with E-state index in [1.54, 1.807) is 17.8 Å². The van der Waals surface area contributed by atoms with Crippen molar-refractivity contribution in [3.63, 3.8) is 0 Å². The summed E-state index contributed by atoms with van der Waals surface area (Å²) in [6.45, 7) is 1.72. The number of aliphatic hydroxyl groups excluding tert-OH is 1. The number of carbonyl (C=O) groups excluding carboxylic acids is 1. The second-order valence-electron chi connectivity index (χ2n) is 4.97. The first-order valence-corrected chi connectivity index (χ1v) is 8.11. The summed E-state index contributed by atoms with van der Waals surface area (Å²) in [5, 5.41) is 9.00. The number of carbonyl (C=O) groups is 1. The number of thioether (sulfide) groups is 1. The Hall–Kier alpha value is -0.940. The SMILES string of the molecule is CSCc1ccc(C(=O)N2CCCC(CCO)C2)o1. The van der Waals surface area contributed by atoms with Gasteiger partial charge in [-0.2, -0.15) is 11.8 Å². The zero-order chi connectivity index (χ0) is 13.7. The van der Waals surface area contributed by atoms with Crippen molar-refractivity contribution in [3.05, 3.63) is 23.7 Å². The molecule has 1 fully saturated rings. The summed E-state index contributed by atoms with van der Waals surface area (Å²) < 4.78 is 5.57. The number of rotatable bonds is 5. The topological polar surface area (TPSA) is 53.7 Å². The van der Waals surface area contributed by atoms with Crippen LogP contribution in [0.15, 0.2) is 16.5 Å². The molecule has 1 aromatic rings. The number of amides is 1. The van der Waals surface area contributed by atoms with Gasteiger partial charge in [0.15, 0.2) is 5.76 Å². The van der Waals surface area contributed by atoms with Gasteiger partial charge in [-0.3, -0.25) is 4.79 Å². The zero-order valence-corrected chi connectivity index (χ0v) is 12.1. The molecule has 0 radical (unpaired) electrons. The summed E-state index contributed by atoms with van der Waals surface area (Å²) in [7, 11) is 0. The molecule has 0 bridgehead atoms. The summed E-state index contributed by atoms with van der Waals surface area (Å²) in [4.78, 5) is 14.2. The first-order valence-electron chi connectivity index (χ1n) is 6.72. The summed E-state index contributed by atoms with van der Waals surface area (Å²) in [5.41, 5.74) is 0. The van der Waals surface area contributed by atoms with Crippen molar-refractivity contribution in [1.29, 1.82) is 0 Å². The highest BCUT2D eigenvalue weighted by Crippen LogP contribution is 2.22. The maximum absolute atomic E-state index is 12.3. The average molecular weight is 283 g/mol. The van der Waals surface area contributed by atoms with E-state index in [-0.39, 0.29) is 12.5 Å². The molecule has 4 nitrogen and oxygen atoms in total. The molecule has 2 rings (SSSR count). The molecular weight excluding hydrogens is 262 g/mol. The Kier molecular flexibility index (Phi) is 5.34. The molecule has 1 aliphatic rings. The van der Waals surface area contributed by atoms with Crippen LogP contribution in [-0.4, -0.2) is 41.9 Å². The van der Waals surface area contributed by atoms with Gasteiger partial charge in [0.25, 0.3) is 5.91 Å². The van der Waals surface area contributed by atoms with Crippen LogP contribution in [0.25, 0.3) is 0 Å². The average Bonchev–Trinajstić information content (AvgIpc) is 2.88. The fraction of sp³-hybridized carbons (Fsp3) is 0.643. The fourth-order valence-electron chi connectivity index (χ4n) is 2.54. The molecule has 1 saturated heterocycles. The van der Waals surface area contributed by atoms with Gasteiger partial charge in [-0.15, -0.1) is 0 Å². The minimum absolute atomic E-state index is 0.0185. The molecule has 1 aliphatic heterocycles. The highest BCUT2D eigenvalue weighted by atomic mass is 32.2. The Morgan fingerprint density at radius 2 is 2.42 bits per heavy atom. The van der Waals surface area contributed by atoms with E-state index in [0.717, 1.165) is 43.9 Å². The van der Waals surface area contributed by atoms with Crippen LogP contribution >= 0.6 is 11.8 Å². The lowest BCUT2D eigenvalue weighted by molar-refractivity contribution is 0.0620. The standard InChI is InChI=1S/C14H21NO3S/c1-19-10-12-4-5-13(18-12)14(17)15-7-2-3-11(9-15)6-8-16/h4-5,11,16H,2-3,6-10H2,1H3. The molecule has 0 aromatic carbocycles. The molecule has 1 atom stereocenters. The third-order valence-corrected chi connectivity index (χ3v) is 4.08. The summed E-state index contributed by atoms with van der Waals surface area (Å²) in [6.07, 6.45) is 4.89. The summed E-state index contributed by atoms with van der Waals surface area (Å²) in [6, 6.07) is 3.64. The molecule has 0 spiro atoms. The van der Waals surface area contributed by atoms with Crippen LogP contribution < -0.4 is 0 Å². The van der Waals surface area contributed by atoms with Crippen LogP contribution in [0, 0.1) is 5.92 Å². The lowest BCUT2D eigenvalue weighted by Gasteiger charge is -2.31. The highest BCUT2D eigenvalue weighted by Gasteiger charge is 2.25. The van der Waals surface area contributed by atoms with Gasteiger partial charge in [0.2, 0.25) is 0 Å². The normalized spacial score (nSPS) is 19.7. The third-order valence-electron chi connectivity index (χ3n) is 3.50. The molecular formula is C14H21NO3S. The molecule has 5 heteroatoms. The molecule has 0 saturated carbocycles. The van der Waals surface area contributed by atoms with Crippen molar-refractivity contribution in [3.8, 4) is 0 Å². The van der Waals surface area contributed by atoms with Crippen molar-refractivity contribution in [2.24, 2.45) is 5.92 Å². The lowest BCUT2D eigenvalue weighted by atomic mass is 9.95. The van der Waals surface area contributed by atoms with Gasteiger partial charge >= 0.3 is 0 Å². The van der Waals surface area contributed by atoms with E-state index < -0.39 is 0 Å². The second-order valence-corrected chi connectivity index (χ2v) is 5.84. The fourth-order valence-corrected chi connectivity index (χ4v) is 2.98. The van der Waals surface area contributed by atoms with Crippen molar-refractivity contribution in [2.75, 3.05) is 26.0 Å². The van der Waals surface area contributed by atoms with Gasteiger partial charge in [0, 0.05) is 19.7 Å². The number of hydrogen-bond acceptors (Lipinski definition) is 4. The van der Waals surface area contributed by atoms with Gasteiger partial charge in [0.1, 0.15) is 5.76 Å². The van der Waals surface area contributed by atoms with Crippen molar-refractivity contribution in [2.45, 2.75) is 25.0 Å². The quantitative estimate of drug-likeness (QED) is 0.901. The van der Waals surface area contributed by atoms with E-state index in [4.69, 9.17) is 9.52 Å². The van der Waals surface area contributed by atoms with E-state index in [0.29, 0.717) is 11.7 Å². The van der Waals surface area contributed by atoms with Crippen LogP contribution in [0.4, 0.5) is 0 Å². The third kappa shape index (κ3) is 3.76. The number of furan rings is 1. The van der Waals surface area contributed by atoms with Gasteiger partial charge in [-0.05, 0) is 43.6 Å². The molecule has 106 valence electrons. The van der Waals surface area contributed by atoms with Crippen molar-refractivity contribution >= 4 is 17.7 Å². The molecule has 1 aromatic heterocycles. The van der Waals surface area contributed by atoms with Crippen LogP contribution in [0.1, 0.15) is 35.6 Å². The Labute approximate surface area is 118 Å². The van der Waals surface area contributed by atoms with Crippen LogP contribution in [-0.2, 0) is 5.75 Å². The van der Waals surface area contributed by atoms with Crippen LogP contribution in [0.5, 0.6) is 0 Å². The van der Waals surface area contributed by atoms with Gasteiger partial charge in [-0.25, -0.2) is 0 Å². The minimum Gasteiger partial charge on any atom is -0.455 e. The zero-order valence-electron chi connectivity index (χ0n) is 11.3. The van der Waals surface area contributed by atoms with Crippen LogP contribution in [0.2, 0.25) is 0 Å². The number of hydrogen-bond donors (Lipinski definition) is 1. The Morgan fingerprint density at radius 3 is 3.16 bits per heavy atom. The number of nitrogens with zero attached hydrogens (tertiary/aromatic N) is 1. The molecule has 19 heavy (non-hydrogen) atoms. The number of piperidine rings is 1. The van der Waals surface area contributed by atoms with Gasteiger partial charge in [0.05, 0.1) is 5.75 Å². The first kappa shape index (κ1) is 14.5. The summed E-state index contributed by atoms with van der Waals surface area (Å²) in [5.74, 6) is 2.48. The first-order chi connectivity index (χ1) is 9.24. The van der Waals surface area contributed by atoms with Crippen molar-refractivity contribution < 1.29 is 14.3 Å². The smallest absolute Gasteiger partial charge is 0.289 e. The molecule has 2 heterocycles. The van der Waals surface area contributed by atoms with E-state index in [1.807, 2.05) is 17.2 Å². The molecule has 1 amide bonds. The van der Waals surface area contributed by atoms with Crippen molar-refractivity contribution in [1.82, 2.24) is 4.90 Å². The lowest BCUT2D eigenvalue weighted by Crippen LogP contribution is -2.40. The monoisotopic (exact) mass is 283 g/mol. The number of aliphatic hydroxyl groups is 1. The predicted octanol–water partition coefficient (Wildman–Crippen LogP) is 2.38. The summed E-state index contributed by atoms with van der Waals surface area (Å²) >= 11 is 1.68.